The summed E-state index contributed by atoms with van der Waals surface area (Å²) in [6, 6.07) is 0.670. The first kappa shape index (κ1) is 13.9. The molecule has 18 heavy (non-hydrogen) atoms. The lowest BCUT2D eigenvalue weighted by atomic mass is 9.83. The fraction of sp³-hybridized carbons (Fsp3) is 0.933. The molecule has 104 valence electrons. The van der Waals surface area contributed by atoms with Crippen molar-refractivity contribution in [2.45, 2.75) is 76.8 Å². The zero-order valence-corrected chi connectivity index (χ0v) is 11.7. The number of nitrogens with one attached hydrogen (secondary N) is 1. The summed E-state index contributed by atoms with van der Waals surface area (Å²) in [5.74, 6) is 1.34. The monoisotopic (exact) mass is 252 g/mol. The van der Waals surface area contributed by atoms with Crippen molar-refractivity contribution in [2.75, 3.05) is 0 Å². The van der Waals surface area contributed by atoms with Gasteiger partial charge in [0.2, 0.25) is 5.91 Å². The van der Waals surface area contributed by atoms with Crippen molar-refractivity contribution in [3.8, 4) is 0 Å². The van der Waals surface area contributed by atoms with Crippen LogP contribution in [-0.4, -0.2) is 18.0 Å². The van der Waals surface area contributed by atoms with Crippen molar-refractivity contribution >= 4 is 5.91 Å². The molecular formula is C15H28N2O. The number of carbonyl (C=O) groups excluding carboxylic acids is 1. The van der Waals surface area contributed by atoms with E-state index in [4.69, 9.17) is 5.73 Å². The maximum absolute atomic E-state index is 12.2. The Morgan fingerprint density at radius 2 is 1.89 bits per heavy atom. The van der Waals surface area contributed by atoms with Crippen LogP contribution >= 0.6 is 0 Å². The van der Waals surface area contributed by atoms with E-state index in [9.17, 15) is 4.79 Å². The lowest BCUT2D eigenvalue weighted by Gasteiger charge is -2.31. The third-order valence-electron chi connectivity index (χ3n) is 4.86. The van der Waals surface area contributed by atoms with Gasteiger partial charge in [-0.25, -0.2) is 0 Å². The van der Waals surface area contributed by atoms with Crippen molar-refractivity contribution in [1.29, 1.82) is 0 Å². The van der Waals surface area contributed by atoms with E-state index >= 15 is 0 Å². The van der Waals surface area contributed by atoms with Gasteiger partial charge < -0.3 is 11.1 Å². The molecule has 0 saturated heterocycles. The molecule has 0 aromatic rings. The Bertz CT molecular complexity index is 272. The normalized spacial score (nSPS) is 37.2. The van der Waals surface area contributed by atoms with Gasteiger partial charge in [-0.05, 0) is 50.9 Å². The summed E-state index contributed by atoms with van der Waals surface area (Å²) in [4.78, 5) is 12.2. The van der Waals surface area contributed by atoms with Crippen LogP contribution in [0.1, 0.15) is 64.7 Å². The minimum atomic E-state index is 0.178. The minimum absolute atomic E-state index is 0.178. The van der Waals surface area contributed by atoms with Gasteiger partial charge in [0.1, 0.15) is 0 Å². The van der Waals surface area contributed by atoms with E-state index in [-0.39, 0.29) is 17.9 Å². The molecule has 1 amide bonds. The van der Waals surface area contributed by atoms with E-state index in [0.717, 1.165) is 31.6 Å². The molecule has 0 aromatic heterocycles. The Hall–Kier alpha value is -0.570. The zero-order valence-electron chi connectivity index (χ0n) is 11.7. The highest BCUT2D eigenvalue weighted by atomic mass is 16.1. The van der Waals surface area contributed by atoms with Crippen LogP contribution in [0, 0.1) is 11.8 Å². The summed E-state index contributed by atoms with van der Waals surface area (Å²) in [5.41, 5.74) is 5.95. The van der Waals surface area contributed by atoms with Crippen LogP contribution in [0.3, 0.4) is 0 Å². The average Bonchev–Trinajstić information content (AvgIpc) is 2.39. The molecular weight excluding hydrogens is 224 g/mol. The van der Waals surface area contributed by atoms with Gasteiger partial charge in [-0.15, -0.1) is 0 Å². The molecule has 2 aliphatic rings. The third-order valence-corrected chi connectivity index (χ3v) is 4.86. The van der Waals surface area contributed by atoms with Crippen molar-refractivity contribution in [1.82, 2.24) is 5.32 Å². The highest BCUT2D eigenvalue weighted by Gasteiger charge is 2.28. The fourth-order valence-corrected chi connectivity index (χ4v) is 3.50. The van der Waals surface area contributed by atoms with Crippen LogP contribution in [0.5, 0.6) is 0 Å². The Balaban J connectivity index is 1.74. The lowest BCUT2D eigenvalue weighted by Crippen LogP contribution is -2.43. The second-order valence-electron chi connectivity index (χ2n) is 6.26. The van der Waals surface area contributed by atoms with Gasteiger partial charge in [0, 0.05) is 18.0 Å². The molecule has 2 rings (SSSR count). The summed E-state index contributed by atoms with van der Waals surface area (Å²) in [5, 5.41) is 3.26. The second kappa shape index (κ2) is 6.55. The van der Waals surface area contributed by atoms with Gasteiger partial charge in [0.05, 0.1) is 0 Å². The molecule has 0 spiro atoms. The maximum atomic E-state index is 12.2. The standard InChI is InChI=1S/C15H28N2O/c1-2-11-6-8-14(9-7-11)17-15(18)12-4-3-5-13(16)10-12/h11-14H,2-10,16H2,1H3,(H,17,18). The number of hydrogen-bond donors (Lipinski definition) is 2. The predicted molar refractivity (Wildman–Crippen MR) is 74.1 cm³/mol. The summed E-state index contributed by atoms with van der Waals surface area (Å²) >= 11 is 0. The number of carbonyl (C=O) groups is 1. The third kappa shape index (κ3) is 3.71. The summed E-state index contributed by atoms with van der Waals surface area (Å²) < 4.78 is 0. The van der Waals surface area contributed by atoms with Crippen LogP contribution in [0.25, 0.3) is 0 Å². The zero-order chi connectivity index (χ0) is 13.0. The van der Waals surface area contributed by atoms with E-state index in [1.54, 1.807) is 0 Å². The van der Waals surface area contributed by atoms with E-state index in [1.165, 1.54) is 32.1 Å². The molecule has 2 aliphatic carbocycles. The smallest absolute Gasteiger partial charge is 0.223 e. The Kier molecular flexibility index (Phi) is 5.04. The predicted octanol–water partition coefficient (Wildman–Crippen LogP) is 2.59. The molecule has 2 fully saturated rings. The Morgan fingerprint density at radius 1 is 1.17 bits per heavy atom. The van der Waals surface area contributed by atoms with Crippen LogP contribution in [-0.2, 0) is 4.79 Å². The number of nitrogens with two attached hydrogens (primary N) is 1. The van der Waals surface area contributed by atoms with Gasteiger partial charge in [-0.1, -0.05) is 19.8 Å². The molecule has 3 nitrogen and oxygen atoms in total. The van der Waals surface area contributed by atoms with E-state index < -0.39 is 0 Å². The lowest BCUT2D eigenvalue weighted by molar-refractivity contribution is -0.127. The van der Waals surface area contributed by atoms with E-state index in [1.807, 2.05) is 0 Å². The molecule has 3 N–H and O–H groups in total. The molecule has 0 radical (unpaired) electrons. The summed E-state index contributed by atoms with van der Waals surface area (Å²) in [7, 11) is 0. The van der Waals surface area contributed by atoms with Gasteiger partial charge in [0.15, 0.2) is 0 Å². The quantitative estimate of drug-likeness (QED) is 0.811. The summed E-state index contributed by atoms with van der Waals surface area (Å²) in [6.45, 7) is 2.27. The van der Waals surface area contributed by atoms with Crippen LogP contribution in [0.4, 0.5) is 0 Å². The SMILES string of the molecule is CCC1CCC(NC(=O)C2CCCC(N)C2)CC1. The van der Waals surface area contributed by atoms with Crippen LogP contribution in [0.2, 0.25) is 0 Å². The first-order chi connectivity index (χ1) is 8.69. The van der Waals surface area contributed by atoms with Crippen LogP contribution in [0.15, 0.2) is 0 Å². The number of hydrogen-bond acceptors (Lipinski definition) is 2. The molecule has 0 aromatic carbocycles. The van der Waals surface area contributed by atoms with Crippen LogP contribution < -0.4 is 11.1 Å². The van der Waals surface area contributed by atoms with Crippen molar-refractivity contribution < 1.29 is 4.79 Å². The van der Waals surface area contributed by atoms with Crippen molar-refractivity contribution in [2.24, 2.45) is 17.6 Å². The molecule has 2 atom stereocenters. The van der Waals surface area contributed by atoms with Gasteiger partial charge >= 0.3 is 0 Å². The molecule has 0 aliphatic heterocycles. The average molecular weight is 252 g/mol. The summed E-state index contributed by atoms with van der Waals surface area (Å²) in [6.07, 6.45) is 10.3. The second-order valence-corrected chi connectivity index (χ2v) is 6.26. The van der Waals surface area contributed by atoms with E-state index in [0.29, 0.717) is 6.04 Å². The first-order valence-electron chi connectivity index (χ1n) is 7.75. The van der Waals surface area contributed by atoms with Gasteiger partial charge in [-0.3, -0.25) is 4.79 Å². The van der Waals surface area contributed by atoms with Crippen molar-refractivity contribution in [3.05, 3.63) is 0 Å². The Labute approximate surface area is 111 Å². The maximum Gasteiger partial charge on any atom is 0.223 e. The highest BCUT2D eigenvalue weighted by molar-refractivity contribution is 5.79. The highest BCUT2D eigenvalue weighted by Crippen LogP contribution is 2.28. The Morgan fingerprint density at radius 3 is 2.50 bits per heavy atom. The number of rotatable bonds is 3. The van der Waals surface area contributed by atoms with Gasteiger partial charge in [-0.2, -0.15) is 0 Å². The minimum Gasteiger partial charge on any atom is -0.353 e. The molecule has 2 unspecified atom stereocenters. The van der Waals surface area contributed by atoms with Crippen molar-refractivity contribution in [3.63, 3.8) is 0 Å². The molecule has 0 heterocycles. The first-order valence-corrected chi connectivity index (χ1v) is 7.75. The molecule has 2 saturated carbocycles. The molecule has 3 heteroatoms. The topological polar surface area (TPSA) is 55.1 Å². The fourth-order valence-electron chi connectivity index (χ4n) is 3.50. The molecule has 0 bridgehead atoms. The largest absolute Gasteiger partial charge is 0.353 e. The number of amides is 1. The van der Waals surface area contributed by atoms with Gasteiger partial charge in [0.25, 0.3) is 0 Å². The van der Waals surface area contributed by atoms with E-state index in [2.05, 4.69) is 12.2 Å².